The van der Waals surface area contributed by atoms with Crippen molar-refractivity contribution in [3.05, 3.63) is 12.7 Å². The van der Waals surface area contributed by atoms with Crippen LogP contribution in [-0.2, 0) is 19.8 Å². The molecule has 6 aliphatic rings. The van der Waals surface area contributed by atoms with E-state index in [9.17, 15) is 4.79 Å². The number of carbonyl (C=O) groups excluding carboxylic acids is 1. The molecule has 7 heteroatoms. The van der Waals surface area contributed by atoms with E-state index in [0.29, 0.717) is 30.2 Å². The van der Waals surface area contributed by atoms with Crippen LogP contribution in [0.15, 0.2) is 12.7 Å². The zero-order valence-electron chi connectivity index (χ0n) is 12.1. The molecule has 1 N–H and O–H groups in total. The van der Waals surface area contributed by atoms with E-state index in [-0.39, 0.29) is 17.6 Å². The Morgan fingerprint density at radius 3 is 2.68 bits per heavy atom. The van der Waals surface area contributed by atoms with E-state index in [1.807, 2.05) is 4.68 Å². The van der Waals surface area contributed by atoms with Crippen LogP contribution in [0.4, 0.5) is 0 Å². The summed E-state index contributed by atoms with van der Waals surface area (Å²) in [7, 11) is 0. The van der Waals surface area contributed by atoms with Crippen molar-refractivity contribution < 1.29 is 14.3 Å². The van der Waals surface area contributed by atoms with Crippen molar-refractivity contribution in [1.29, 1.82) is 0 Å². The molecular weight excluding hydrogens is 284 g/mol. The number of nitrogens with one attached hydrogen (secondary N) is 1. The van der Waals surface area contributed by atoms with Gasteiger partial charge in [0.25, 0.3) is 5.91 Å². The number of carbonyl (C=O) groups is 1. The van der Waals surface area contributed by atoms with Crippen molar-refractivity contribution in [2.24, 2.45) is 23.7 Å². The van der Waals surface area contributed by atoms with E-state index in [1.165, 1.54) is 0 Å². The minimum absolute atomic E-state index is 0.0618. The largest absolute Gasteiger partial charge is 0.381 e. The lowest BCUT2D eigenvalue weighted by molar-refractivity contribution is -0.135. The molecule has 3 saturated heterocycles. The highest BCUT2D eigenvalue weighted by molar-refractivity contribution is 5.91. The molecule has 0 aromatic carbocycles. The number of rotatable bonds is 4. The Kier molecular flexibility index (Phi) is 1.93. The fraction of sp³-hybridized carbons (Fsp3) is 0.800. The molecule has 4 atom stereocenters. The second-order valence-electron chi connectivity index (χ2n) is 7.54. The van der Waals surface area contributed by atoms with Crippen molar-refractivity contribution in [1.82, 2.24) is 20.1 Å². The molecule has 4 heterocycles. The molecule has 3 saturated carbocycles. The van der Waals surface area contributed by atoms with E-state index in [0.717, 1.165) is 26.1 Å². The molecule has 116 valence electrons. The van der Waals surface area contributed by atoms with Crippen molar-refractivity contribution in [2.45, 2.75) is 30.1 Å². The Morgan fingerprint density at radius 1 is 1.32 bits per heavy atom. The molecule has 6 bridgehead atoms. The molecule has 0 spiro atoms. The molecule has 1 aromatic rings. The molecule has 7 nitrogen and oxygen atoms in total. The first-order valence-corrected chi connectivity index (χ1v) is 8.15. The maximum atomic E-state index is 12.8. The highest BCUT2D eigenvalue weighted by Gasteiger charge is 2.88. The number of ether oxygens (including phenoxy) is 2. The topological polar surface area (TPSA) is 78.3 Å². The minimum atomic E-state index is -0.526. The van der Waals surface area contributed by atoms with E-state index in [2.05, 4.69) is 15.4 Å². The summed E-state index contributed by atoms with van der Waals surface area (Å²) in [6, 6.07) is 0. The zero-order valence-corrected chi connectivity index (χ0v) is 12.1. The van der Waals surface area contributed by atoms with Crippen molar-refractivity contribution in [3.63, 3.8) is 0 Å². The van der Waals surface area contributed by atoms with Crippen LogP contribution in [0.25, 0.3) is 0 Å². The smallest absolute Gasteiger partial charge is 0.252 e. The Balaban J connectivity index is 1.20. The van der Waals surface area contributed by atoms with Gasteiger partial charge in [-0.05, 0) is 12.8 Å². The zero-order chi connectivity index (χ0) is 14.5. The summed E-state index contributed by atoms with van der Waals surface area (Å²) >= 11 is 0. The third-order valence-electron chi connectivity index (χ3n) is 6.65. The molecule has 3 aliphatic carbocycles. The fourth-order valence-electron chi connectivity index (χ4n) is 5.43. The van der Waals surface area contributed by atoms with Gasteiger partial charge in [0.2, 0.25) is 0 Å². The number of hydrogen-bond donors (Lipinski definition) is 1. The van der Waals surface area contributed by atoms with Crippen LogP contribution in [0, 0.1) is 23.7 Å². The fourth-order valence-corrected chi connectivity index (χ4v) is 5.43. The summed E-state index contributed by atoms with van der Waals surface area (Å²) in [6.45, 7) is 2.15. The first-order valence-electron chi connectivity index (χ1n) is 8.15. The normalized spacial score (nSPS) is 48.3. The van der Waals surface area contributed by atoms with Crippen molar-refractivity contribution >= 4 is 5.91 Å². The second kappa shape index (κ2) is 3.54. The first kappa shape index (κ1) is 12.0. The van der Waals surface area contributed by atoms with Crippen LogP contribution in [0.1, 0.15) is 12.8 Å². The van der Waals surface area contributed by atoms with Crippen LogP contribution in [-0.4, -0.2) is 52.1 Å². The van der Waals surface area contributed by atoms with Crippen LogP contribution < -0.4 is 5.32 Å². The molecule has 22 heavy (non-hydrogen) atoms. The lowest BCUT2D eigenvalue weighted by Crippen LogP contribution is -2.43. The van der Waals surface area contributed by atoms with E-state index < -0.39 is 5.60 Å². The molecule has 1 amide bonds. The third-order valence-corrected chi connectivity index (χ3v) is 6.65. The number of amides is 1. The van der Waals surface area contributed by atoms with E-state index in [4.69, 9.17) is 9.47 Å². The lowest BCUT2D eigenvalue weighted by Gasteiger charge is -2.24. The third kappa shape index (κ3) is 1.18. The predicted octanol–water partition coefficient (Wildman–Crippen LogP) is -0.457. The maximum Gasteiger partial charge on any atom is 0.252 e. The summed E-state index contributed by atoms with van der Waals surface area (Å²) in [4.78, 5) is 16.8. The highest BCUT2D eigenvalue weighted by Crippen LogP contribution is 2.76. The molecule has 4 unspecified atom stereocenters. The molecule has 6 fully saturated rings. The first-order chi connectivity index (χ1) is 10.8. The van der Waals surface area contributed by atoms with E-state index >= 15 is 0 Å². The van der Waals surface area contributed by atoms with Gasteiger partial charge in [-0.25, -0.2) is 9.67 Å². The van der Waals surface area contributed by atoms with Gasteiger partial charge in [-0.1, -0.05) is 0 Å². The molecule has 7 rings (SSSR count). The molecule has 1 aromatic heterocycles. The van der Waals surface area contributed by atoms with Crippen LogP contribution in [0.2, 0.25) is 0 Å². The van der Waals surface area contributed by atoms with Gasteiger partial charge >= 0.3 is 0 Å². The molecule has 0 radical (unpaired) electrons. The Bertz CT molecular complexity index is 638. The van der Waals surface area contributed by atoms with Gasteiger partial charge in [0, 0.05) is 30.2 Å². The van der Waals surface area contributed by atoms with Gasteiger partial charge in [-0.2, -0.15) is 5.10 Å². The van der Waals surface area contributed by atoms with Crippen LogP contribution >= 0.6 is 0 Å². The van der Waals surface area contributed by atoms with Gasteiger partial charge in [-0.3, -0.25) is 4.79 Å². The second-order valence-corrected chi connectivity index (χ2v) is 7.54. The number of hydrogen-bond acceptors (Lipinski definition) is 5. The van der Waals surface area contributed by atoms with Crippen molar-refractivity contribution in [2.75, 3.05) is 19.8 Å². The summed E-state index contributed by atoms with van der Waals surface area (Å²) in [6.07, 6.45) is 5.63. The highest BCUT2D eigenvalue weighted by atomic mass is 16.6. The Hall–Kier alpha value is -1.47. The Labute approximate surface area is 127 Å². The predicted molar refractivity (Wildman–Crippen MR) is 72.6 cm³/mol. The Morgan fingerprint density at radius 2 is 2.09 bits per heavy atom. The quantitative estimate of drug-likeness (QED) is 0.814. The average Bonchev–Trinajstić information content (AvgIpc) is 3.20. The number of nitrogens with zero attached hydrogens (tertiary/aromatic N) is 3. The maximum absolute atomic E-state index is 12.8. The SMILES string of the molecule is O=C(NCC1(n2cncn2)CC1)C12OC3C4COCC3C1C42. The van der Waals surface area contributed by atoms with Gasteiger partial charge in [-0.15, -0.1) is 0 Å². The standard InChI is InChI=1S/C15H18N4O3/c20-13(17-5-14(1-2-14)19-7-16-6-18-19)15-10-8-3-21-4-9(11(10)15)12(8)22-15/h6-12H,1-5H2,(H,17,20). The summed E-state index contributed by atoms with van der Waals surface area (Å²) in [5.41, 5.74) is -0.587. The monoisotopic (exact) mass is 302 g/mol. The van der Waals surface area contributed by atoms with Gasteiger partial charge < -0.3 is 14.8 Å². The van der Waals surface area contributed by atoms with E-state index in [1.54, 1.807) is 12.7 Å². The van der Waals surface area contributed by atoms with Gasteiger partial charge in [0.1, 0.15) is 12.7 Å². The molecule has 3 aliphatic heterocycles. The van der Waals surface area contributed by atoms with Crippen LogP contribution in [0.5, 0.6) is 0 Å². The van der Waals surface area contributed by atoms with Crippen molar-refractivity contribution in [3.8, 4) is 0 Å². The minimum Gasteiger partial charge on any atom is -0.381 e. The van der Waals surface area contributed by atoms with Crippen LogP contribution in [0.3, 0.4) is 0 Å². The summed E-state index contributed by atoms with van der Waals surface area (Å²) in [5, 5.41) is 7.38. The average molecular weight is 302 g/mol. The number of aromatic nitrogens is 3. The van der Waals surface area contributed by atoms with Gasteiger partial charge in [0.05, 0.1) is 24.9 Å². The van der Waals surface area contributed by atoms with Gasteiger partial charge in [0.15, 0.2) is 5.60 Å². The lowest BCUT2D eigenvalue weighted by atomic mass is 9.92. The molecular formula is C15H18N4O3. The summed E-state index contributed by atoms with van der Waals surface area (Å²) < 4.78 is 13.7. The summed E-state index contributed by atoms with van der Waals surface area (Å²) in [5.74, 6) is 1.77.